The maximum atomic E-state index is 12.8. The molecule has 8 heteroatoms. The van der Waals surface area contributed by atoms with Gasteiger partial charge < -0.3 is 0 Å². The third-order valence-corrected chi connectivity index (χ3v) is 7.17. The summed E-state index contributed by atoms with van der Waals surface area (Å²) in [6.07, 6.45) is 6.36. The first-order valence-corrected chi connectivity index (χ1v) is 9.70. The number of hydrogen-bond donors (Lipinski definition) is 0. The maximum Gasteiger partial charge on any atom is 0.268 e. The molecule has 0 radical (unpaired) electrons. The summed E-state index contributed by atoms with van der Waals surface area (Å²) < 4.78 is 29.6. The Morgan fingerprint density at radius 3 is 2.78 bits per heavy atom. The van der Waals surface area contributed by atoms with Gasteiger partial charge >= 0.3 is 0 Å². The van der Waals surface area contributed by atoms with E-state index in [0.717, 1.165) is 23.1 Å². The largest absolute Gasteiger partial charge is 0.268 e. The van der Waals surface area contributed by atoms with Crippen LogP contribution in [0.3, 0.4) is 0 Å². The Labute approximate surface area is 138 Å². The topological polar surface area (TPSA) is 68.1 Å². The number of hydrogen-bond acceptors (Lipinski definition) is 5. The molecule has 1 aromatic carbocycles. The number of para-hydroxylation sites is 1. The van der Waals surface area contributed by atoms with Gasteiger partial charge in [0, 0.05) is 13.2 Å². The molecule has 1 saturated carbocycles. The fourth-order valence-electron chi connectivity index (χ4n) is 2.56. The number of aromatic nitrogens is 3. The molecular formula is C15H16N4O2S2. The van der Waals surface area contributed by atoms with Gasteiger partial charge in [0.25, 0.3) is 10.0 Å². The van der Waals surface area contributed by atoms with E-state index < -0.39 is 10.0 Å². The third-order valence-electron chi connectivity index (χ3n) is 4.24. The SMILES string of the molecule is CN(c1nc2ccccc2s1)S(=O)(=O)c1cnn(C2CCC2)c1. The third kappa shape index (κ3) is 2.42. The highest BCUT2D eigenvalue weighted by molar-refractivity contribution is 7.93. The van der Waals surface area contributed by atoms with Crippen molar-refractivity contribution in [3.63, 3.8) is 0 Å². The monoisotopic (exact) mass is 348 g/mol. The summed E-state index contributed by atoms with van der Waals surface area (Å²) in [4.78, 5) is 4.63. The summed E-state index contributed by atoms with van der Waals surface area (Å²) >= 11 is 1.36. The van der Waals surface area contributed by atoms with Gasteiger partial charge in [-0.1, -0.05) is 23.5 Å². The lowest BCUT2D eigenvalue weighted by atomic mass is 9.93. The fraction of sp³-hybridized carbons (Fsp3) is 0.333. The Morgan fingerprint density at radius 2 is 2.09 bits per heavy atom. The minimum atomic E-state index is -3.64. The Hall–Kier alpha value is -1.93. The van der Waals surface area contributed by atoms with Crippen molar-refractivity contribution in [2.24, 2.45) is 0 Å². The standard InChI is InChI=1S/C15H16N4O2S2/c1-18(15-17-13-7-2-3-8-14(13)22-15)23(20,21)12-9-16-19(10-12)11-5-4-6-11/h2-3,7-11H,4-6H2,1H3. The van der Waals surface area contributed by atoms with Gasteiger partial charge in [0.15, 0.2) is 5.13 Å². The molecule has 2 aromatic heterocycles. The van der Waals surface area contributed by atoms with Crippen LogP contribution in [0.1, 0.15) is 25.3 Å². The van der Waals surface area contributed by atoms with Crippen LogP contribution in [0.25, 0.3) is 10.2 Å². The van der Waals surface area contributed by atoms with Crippen molar-refractivity contribution < 1.29 is 8.42 Å². The summed E-state index contributed by atoms with van der Waals surface area (Å²) in [5.41, 5.74) is 0.805. The Bertz CT molecular complexity index is 924. The van der Waals surface area contributed by atoms with E-state index in [2.05, 4.69) is 10.1 Å². The van der Waals surface area contributed by atoms with Crippen LogP contribution in [0.4, 0.5) is 5.13 Å². The average molecular weight is 348 g/mol. The van der Waals surface area contributed by atoms with Crippen molar-refractivity contribution in [1.82, 2.24) is 14.8 Å². The smallest absolute Gasteiger partial charge is 0.268 e. The zero-order valence-electron chi connectivity index (χ0n) is 12.6. The molecule has 2 heterocycles. The van der Waals surface area contributed by atoms with Crippen molar-refractivity contribution in [2.75, 3.05) is 11.4 Å². The fourth-order valence-corrected chi connectivity index (χ4v) is 4.78. The predicted molar refractivity (Wildman–Crippen MR) is 90.3 cm³/mol. The Balaban J connectivity index is 1.67. The van der Waals surface area contributed by atoms with Crippen LogP contribution in [0.5, 0.6) is 0 Å². The maximum absolute atomic E-state index is 12.8. The summed E-state index contributed by atoms with van der Waals surface area (Å²) in [5.74, 6) is 0. The van der Waals surface area contributed by atoms with E-state index in [0.29, 0.717) is 11.2 Å². The van der Waals surface area contributed by atoms with Crippen molar-refractivity contribution in [1.29, 1.82) is 0 Å². The number of anilines is 1. The molecule has 120 valence electrons. The molecular weight excluding hydrogens is 332 g/mol. The minimum Gasteiger partial charge on any atom is -0.268 e. The first-order valence-electron chi connectivity index (χ1n) is 7.44. The van der Waals surface area contributed by atoms with E-state index in [1.165, 1.54) is 35.3 Å². The molecule has 0 saturated heterocycles. The molecule has 0 unspecified atom stereocenters. The van der Waals surface area contributed by atoms with E-state index >= 15 is 0 Å². The van der Waals surface area contributed by atoms with E-state index in [1.54, 1.807) is 10.9 Å². The van der Waals surface area contributed by atoms with E-state index in [4.69, 9.17) is 0 Å². The lowest BCUT2D eigenvalue weighted by molar-refractivity contribution is 0.289. The second-order valence-electron chi connectivity index (χ2n) is 5.68. The van der Waals surface area contributed by atoms with Crippen LogP contribution in [0, 0.1) is 0 Å². The van der Waals surface area contributed by atoms with Gasteiger partial charge in [0.2, 0.25) is 0 Å². The highest BCUT2D eigenvalue weighted by Gasteiger charge is 2.27. The van der Waals surface area contributed by atoms with Gasteiger partial charge in [-0.15, -0.1) is 0 Å². The predicted octanol–water partition coefficient (Wildman–Crippen LogP) is 3.04. The molecule has 0 amide bonds. The molecule has 0 spiro atoms. The zero-order chi connectivity index (χ0) is 16.0. The lowest BCUT2D eigenvalue weighted by Crippen LogP contribution is -2.26. The molecule has 1 aliphatic carbocycles. The molecule has 0 bridgehead atoms. The molecule has 0 atom stereocenters. The highest BCUT2D eigenvalue weighted by atomic mass is 32.2. The van der Waals surface area contributed by atoms with Crippen molar-refractivity contribution in [3.05, 3.63) is 36.7 Å². The first-order chi connectivity index (χ1) is 11.1. The minimum absolute atomic E-state index is 0.214. The number of benzene rings is 1. The summed E-state index contributed by atoms with van der Waals surface area (Å²) in [5, 5.41) is 4.68. The van der Waals surface area contributed by atoms with E-state index in [1.807, 2.05) is 24.3 Å². The summed E-state index contributed by atoms with van der Waals surface area (Å²) in [6.45, 7) is 0. The van der Waals surface area contributed by atoms with Crippen LogP contribution in [0.15, 0.2) is 41.6 Å². The molecule has 0 aliphatic heterocycles. The number of fused-ring (bicyclic) bond motifs is 1. The Morgan fingerprint density at radius 1 is 1.30 bits per heavy atom. The molecule has 6 nitrogen and oxygen atoms in total. The van der Waals surface area contributed by atoms with Crippen molar-refractivity contribution >= 4 is 36.7 Å². The van der Waals surface area contributed by atoms with Gasteiger partial charge in [-0.05, 0) is 31.4 Å². The van der Waals surface area contributed by atoms with Crippen molar-refractivity contribution in [3.8, 4) is 0 Å². The zero-order valence-corrected chi connectivity index (χ0v) is 14.2. The number of nitrogens with zero attached hydrogens (tertiary/aromatic N) is 4. The number of thiazole rings is 1. The number of sulfonamides is 1. The molecule has 0 N–H and O–H groups in total. The van der Waals surface area contributed by atoms with E-state index in [9.17, 15) is 8.42 Å². The molecule has 1 aliphatic rings. The molecule has 1 fully saturated rings. The Kier molecular flexibility index (Phi) is 3.38. The van der Waals surface area contributed by atoms with Crippen LogP contribution in [0.2, 0.25) is 0 Å². The van der Waals surface area contributed by atoms with Crippen LogP contribution in [-0.2, 0) is 10.0 Å². The van der Waals surface area contributed by atoms with Gasteiger partial charge in [-0.25, -0.2) is 17.7 Å². The van der Waals surface area contributed by atoms with Crippen molar-refractivity contribution in [2.45, 2.75) is 30.2 Å². The van der Waals surface area contributed by atoms with Crippen LogP contribution < -0.4 is 4.31 Å². The van der Waals surface area contributed by atoms with Gasteiger partial charge in [0.1, 0.15) is 4.90 Å². The summed E-state index contributed by atoms with van der Waals surface area (Å²) in [6, 6.07) is 7.96. The molecule has 23 heavy (non-hydrogen) atoms. The van der Waals surface area contributed by atoms with E-state index in [-0.39, 0.29) is 4.90 Å². The second kappa shape index (κ2) is 5.31. The molecule has 3 aromatic rings. The van der Waals surface area contributed by atoms with Gasteiger partial charge in [-0.2, -0.15) is 5.10 Å². The number of rotatable bonds is 4. The van der Waals surface area contributed by atoms with Crippen LogP contribution in [-0.4, -0.2) is 30.2 Å². The highest BCUT2D eigenvalue weighted by Crippen LogP contribution is 2.33. The summed E-state index contributed by atoms with van der Waals surface area (Å²) in [7, 11) is -2.10. The van der Waals surface area contributed by atoms with Gasteiger partial charge in [-0.3, -0.25) is 4.68 Å². The normalized spacial score (nSPS) is 15.7. The lowest BCUT2D eigenvalue weighted by Gasteiger charge is -2.25. The second-order valence-corrected chi connectivity index (χ2v) is 8.66. The first kappa shape index (κ1) is 14.6. The van der Waals surface area contributed by atoms with Crippen LogP contribution >= 0.6 is 11.3 Å². The molecule has 4 rings (SSSR count). The quantitative estimate of drug-likeness (QED) is 0.727. The van der Waals surface area contributed by atoms with Gasteiger partial charge in [0.05, 0.1) is 22.5 Å². The average Bonchev–Trinajstić information content (AvgIpc) is 3.11.